The fourth-order valence-corrected chi connectivity index (χ4v) is 3.69. The second-order valence-electron chi connectivity index (χ2n) is 7.19. The second-order valence-corrected chi connectivity index (χ2v) is 7.19. The summed E-state index contributed by atoms with van der Waals surface area (Å²) in [5.41, 5.74) is 6.41. The van der Waals surface area contributed by atoms with Gasteiger partial charge in [0.1, 0.15) is 0 Å². The van der Waals surface area contributed by atoms with Crippen molar-refractivity contribution in [2.45, 2.75) is 91.1 Å². The zero-order valence-electron chi connectivity index (χ0n) is 14.4. The summed E-state index contributed by atoms with van der Waals surface area (Å²) < 4.78 is 0. The van der Waals surface area contributed by atoms with Gasteiger partial charge in [0, 0.05) is 18.6 Å². The van der Waals surface area contributed by atoms with Gasteiger partial charge in [-0.1, -0.05) is 39.5 Å². The molecule has 20 heavy (non-hydrogen) atoms. The first-order chi connectivity index (χ1) is 9.58. The summed E-state index contributed by atoms with van der Waals surface area (Å²) in [6, 6.07) is 1.10. The predicted octanol–water partition coefficient (Wildman–Crippen LogP) is 4.43. The summed E-state index contributed by atoms with van der Waals surface area (Å²) in [5, 5.41) is 0. The number of nitrogens with zero attached hydrogens (tertiary/aromatic N) is 1. The largest absolute Gasteiger partial charge is 0.327 e. The molecule has 1 aliphatic rings. The van der Waals surface area contributed by atoms with Crippen LogP contribution in [0.1, 0.15) is 79.1 Å². The summed E-state index contributed by atoms with van der Waals surface area (Å²) in [5.74, 6) is 1.67. The molecule has 0 amide bonds. The Labute approximate surface area is 127 Å². The Balaban J connectivity index is 2.47. The molecule has 1 fully saturated rings. The third kappa shape index (κ3) is 6.13. The monoisotopic (exact) mass is 282 g/mol. The van der Waals surface area contributed by atoms with Crippen molar-refractivity contribution < 1.29 is 0 Å². The molecule has 120 valence electrons. The minimum atomic E-state index is 0.440. The number of hydrogen-bond acceptors (Lipinski definition) is 2. The van der Waals surface area contributed by atoms with Crippen LogP contribution in [-0.2, 0) is 0 Å². The van der Waals surface area contributed by atoms with Crippen LogP contribution in [0.5, 0.6) is 0 Å². The Morgan fingerprint density at radius 3 is 2.45 bits per heavy atom. The van der Waals surface area contributed by atoms with Crippen LogP contribution in [0.3, 0.4) is 0 Å². The Hall–Kier alpha value is -0.0800. The maximum absolute atomic E-state index is 6.41. The van der Waals surface area contributed by atoms with Crippen molar-refractivity contribution >= 4 is 0 Å². The smallest absolute Gasteiger partial charge is 0.00795 e. The van der Waals surface area contributed by atoms with Gasteiger partial charge in [0.05, 0.1) is 0 Å². The van der Waals surface area contributed by atoms with E-state index >= 15 is 0 Å². The number of nitrogens with two attached hydrogens (primary N) is 1. The van der Waals surface area contributed by atoms with E-state index in [9.17, 15) is 0 Å². The molecule has 3 atom stereocenters. The van der Waals surface area contributed by atoms with Gasteiger partial charge < -0.3 is 10.6 Å². The number of unbranched alkanes of at least 4 members (excludes halogenated alkanes) is 2. The zero-order chi connectivity index (χ0) is 15.0. The lowest BCUT2D eigenvalue weighted by Gasteiger charge is -2.38. The molecule has 2 N–H and O–H groups in total. The third-order valence-electron chi connectivity index (χ3n) is 5.09. The standard InChI is InChI=1S/C18H38N2/c1-5-7-8-12-20(15(3)4)14-17-13-16(9-6-2)10-11-18(17)19/h15-18H,5-14,19H2,1-4H3. The van der Waals surface area contributed by atoms with Crippen molar-refractivity contribution in [3.8, 4) is 0 Å². The summed E-state index contributed by atoms with van der Waals surface area (Å²) in [6.45, 7) is 11.8. The van der Waals surface area contributed by atoms with Gasteiger partial charge in [0.2, 0.25) is 0 Å². The van der Waals surface area contributed by atoms with Crippen LogP contribution < -0.4 is 5.73 Å². The van der Waals surface area contributed by atoms with Crippen molar-refractivity contribution in [1.82, 2.24) is 4.90 Å². The van der Waals surface area contributed by atoms with E-state index < -0.39 is 0 Å². The molecule has 3 unspecified atom stereocenters. The quantitative estimate of drug-likeness (QED) is 0.634. The number of hydrogen-bond donors (Lipinski definition) is 1. The fraction of sp³-hybridized carbons (Fsp3) is 1.00. The van der Waals surface area contributed by atoms with Crippen LogP contribution in [-0.4, -0.2) is 30.1 Å². The van der Waals surface area contributed by atoms with Crippen molar-refractivity contribution in [3.63, 3.8) is 0 Å². The Kier molecular flexibility index (Phi) is 8.79. The zero-order valence-corrected chi connectivity index (χ0v) is 14.4. The molecule has 0 aliphatic heterocycles. The molecule has 0 aromatic rings. The van der Waals surface area contributed by atoms with Crippen LogP contribution in [0, 0.1) is 11.8 Å². The molecule has 0 bridgehead atoms. The SMILES string of the molecule is CCCCCN(CC1CC(CCC)CCC1N)C(C)C. The highest BCUT2D eigenvalue weighted by Crippen LogP contribution is 2.32. The van der Waals surface area contributed by atoms with Gasteiger partial charge in [-0.25, -0.2) is 0 Å². The Bertz CT molecular complexity index is 240. The lowest BCUT2D eigenvalue weighted by molar-refractivity contribution is 0.128. The van der Waals surface area contributed by atoms with Gasteiger partial charge in [-0.3, -0.25) is 0 Å². The van der Waals surface area contributed by atoms with Gasteiger partial charge in [-0.2, -0.15) is 0 Å². The molecule has 0 heterocycles. The van der Waals surface area contributed by atoms with E-state index in [1.54, 1.807) is 0 Å². The van der Waals surface area contributed by atoms with Gasteiger partial charge >= 0.3 is 0 Å². The van der Waals surface area contributed by atoms with Gasteiger partial charge in [0.15, 0.2) is 0 Å². The minimum absolute atomic E-state index is 0.440. The van der Waals surface area contributed by atoms with E-state index in [4.69, 9.17) is 5.73 Å². The van der Waals surface area contributed by atoms with E-state index in [2.05, 4.69) is 32.6 Å². The van der Waals surface area contributed by atoms with Crippen LogP contribution in [0.4, 0.5) is 0 Å². The van der Waals surface area contributed by atoms with E-state index in [1.807, 2.05) is 0 Å². The molecular formula is C18H38N2. The summed E-state index contributed by atoms with van der Waals surface area (Å²) in [6.07, 6.45) is 10.7. The molecular weight excluding hydrogens is 244 g/mol. The Morgan fingerprint density at radius 1 is 1.10 bits per heavy atom. The summed E-state index contributed by atoms with van der Waals surface area (Å²) in [7, 11) is 0. The predicted molar refractivity (Wildman–Crippen MR) is 89.9 cm³/mol. The van der Waals surface area contributed by atoms with E-state index in [0.29, 0.717) is 12.1 Å². The average Bonchev–Trinajstić information content (AvgIpc) is 2.41. The van der Waals surface area contributed by atoms with Gasteiger partial charge in [0.25, 0.3) is 0 Å². The van der Waals surface area contributed by atoms with Crippen LogP contribution in [0.25, 0.3) is 0 Å². The van der Waals surface area contributed by atoms with E-state index in [0.717, 1.165) is 11.8 Å². The molecule has 0 radical (unpaired) electrons. The number of rotatable bonds is 9. The lowest BCUT2D eigenvalue weighted by Crippen LogP contribution is -2.45. The maximum atomic E-state index is 6.41. The topological polar surface area (TPSA) is 29.3 Å². The second kappa shape index (κ2) is 9.78. The molecule has 1 aliphatic carbocycles. The highest BCUT2D eigenvalue weighted by atomic mass is 15.1. The minimum Gasteiger partial charge on any atom is -0.327 e. The van der Waals surface area contributed by atoms with E-state index in [-0.39, 0.29) is 0 Å². The molecule has 0 saturated heterocycles. The summed E-state index contributed by atoms with van der Waals surface area (Å²) in [4.78, 5) is 2.68. The van der Waals surface area contributed by atoms with Gasteiger partial charge in [-0.05, 0) is 57.9 Å². The fourth-order valence-electron chi connectivity index (χ4n) is 3.69. The molecule has 1 rings (SSSR count). The Morgan fingerprint density at radius 2 is 1.85 bits per heavy atom. The van der Waals surface area contributed by atoms with Crippen molar-refractivity contribution in [3.05, 3.63) is 0 Å². The molecule has 2 nitrogen and oxygen atoms in total. The average molecular weight is 283 g/mol. The summed E-state index contributed by atoms with van der Waals surface area (Å²) >= 11 is 0. The molecule has 0 aromatic carbocycles. The normalized spacial score (nSPS) is 27.4. The van der Waals surface area contributed by atoms with Crippen molar-refractivity contribution in [2.75, 3.05) is 13.1 Å². The molecule has 0 aromatic heterocycles. The molecule has 1 saturated carbocycles. The molecule has 0 spiro atoms. The first kappa shape index (κ1) is 18.0. The lowest BCUT2D eigenvalue weighted by atomic mass is 9.76. The first-order valence-electron chi connectivity index (χ1n) is 9.08. The highest BCUT2D eigenvalue weighted by molar-refractivity contribution is 4.85. The maximum Gasteiger partial charge on any atom is 0.00795 e. The van der Waals surface area contributed by atoms with Crippen molar-refractivity contribution in [2.24, 2.45) is 17.6 Å². The van der Waals surface area contributed by atoms with Crippen LogP contribution in [0.15, 0.2) is 0 Å². The third-order valence-corrected chi connectivity index (χ3v) is 5.09. The van der Waals surface area contributed by atoms with E-state index in [1.165, 1.54) is 64.5 Å². The highest BCUT2D eigenvalue weighted by Gasteiger charge is 2.29. The van der Waals surface area contributed by atoms with Gasteiger partial charge in [-0.15, -0.1) is 0 Å². The first-order valence-corrected chi connectivity index (χ1v) is 9.08. The van der Waals surface area contributed by atoms with Crippen LogP contribution in [0.2, 0.25) is 0 Å². The molecule has 2 heteroatoms. The van der Waals surface area contributed by atoms with Crippen LogP contribution >= 0.6 is 0 Å². The van der Waals surface area contributed by atoms with Crippen molar-refractivity contribution in [1.29, 1.82) is 0 Å².